The number of carbonyl (C=O) groups is 1. The third-order valence-electron chi connectivity index (χ3n) is 6.27. The van der Waals surface area contributed by atoms with Crippen LogP contribution in [0.1, 0.15) is 45.4 Å². The minimum Gasteiger partial charge on any atom is -0.353 e. The maximum atomic E-state index is 13.9. The molecule has 9 atom stereocenters. The van der Waals surface area contributed by atoms with Crippen LogP contribution in [0.2, 0.25) is 0 Å². The number of guanidine groups is 1. The molecular formula is C19H28ClF6N5O. The summed E-state index contributed by atoms with van der Waals surface area (Å²) in [7, 11) is 0. The summed E-state index contributed by atoms with van der Waals surface area (Å²) in [6.45, 7) is 1.35. The van der Waals surface area contributed by atoms with Gasteiger partial charge in [0.1, 0.15) is 30.7 Å². The second-order valence-corrected chi connectivity index (χ2v) is 9.48. The summed E-state index contributed by atoms with van der Waals surface area (Å²) in [5, 5.41) is 4.94. The standard InChI is InChI=1S/C19H28ClF6N5O/c1-8-15(19(24,25)26)30-31-16(8)28-18(27-12-6-10(20)5-11(21)7-12)29-17(32)9-2-3-13(22)14(23)4-9/h8-16,30-31H,2-7H2,1H3,(H2,27,28,29,32). The molecule has 0 aromatic carbocycles. The van der Waals surface area contributed by atoms with E-state index in [4.69, 9.17) is 11.6 Å². The molecule has 1 heterocycles. The summed E-state index contributed by atoms with van der Waals surface area (Å²) in [5.41, 5.74) is 4.61. The van der Waals surface area contributed by atoms with E-state index in [9.17, 15) is 31.1 Å². The zero-order valence-electron chi connectivity index (χ0n) is 17.4. The highest BCUT2D eigenvalue weighted by Gasteiger charge is 2.49. The molecule has 9 unspecified atom stereocenters. The summed E-state index contributed by atoms with van der Waals surface area (Å²) in [6.07, 6.45) is -9.73. The highest BCUT2D eigenvalue weighted by molar-refractivity contribution is 6.20. The highest BCUT2D eigenvalue weighted by atomic mass is 35.5. The quantitative estimate of drug-likeness (QED) is 0.212. The molecule has 0 bridgehead atoms. The molecule has 0 spiro atoms. The minimum atomic E-state index is -4.51. The first-order valence-electron chi connectivity index (χ1n) is 10.7. The van der Waals surface area contributed by atoms with Crippen LogP contribution in [-0.4, -0.2) is 60.2 Å². The van der Waals surface area contributed by atoms with Gasteiger partial charge in [-0.05, 0) is 38.5 Å². The van der Waals surface area contributed by atoms with E-state index in [2.05, 4.69) is 26.5 Å². The van der Waals surface area contributed by atoms with Crippen LogP contribution in [0.25, 0.3) is 0 Å². The van der Waals surface area contributed by atoms with Crippen LogP contribution in [-0.2, 0) is 4.79 Å². The summed E-state index contributed by atoms with van der Waals surface area (Å²) in [6, 6.07) is -2.35. The van der Waals surface area contributed by atoms with Crippen molar-refractivity contribution < 1.29 is 31.1 Å². The van der Waals surface area contributed by atoms with Gasteiger partial charge in [-0.1, -0.05) is 6.92 Å². The molecule has 2 aliphatic carbocycles. The number of alkyl halides is 7. The van der Waals surface area contributed by atoms with E-state index in [1.54, 1.807) is 0 Å². The van der Waals surface area contributed by atoms with Crippen molar-refractivity contribution in [3.05, 3.63) is 0 Å². The fraction of sp³-hybridized carbons (Fsp3) is 0.895. The van der Waals surface area contributed by atoms with Crippen LogP contribution in [0.15, 0.2) is 4.99 Å². The van der Waals surface area contributed by atoms with Crippen LogP contribution < -0.4 is 21.5 Å². The Labute approximate surface area is 187 Å². The van der Waals surface area contributed by atoms with E-state index < -0.39 is 66.1 Å². The molecule has 3 rings (SSSR count). The normalized spacial score (nSPS) is 41.4. The summed E-state index contributed by atoms with van der Waals surface area (Å²) >= 11 is 6.08. The smallest absolute Gasteiger partial charge is 0.353 e. The third-order valence-corrected chi connectivity index (χ3v) is 6.63. The van der Waals surface area contributed by atoms with Crippen LogP contribution >= 0.6 is 11.6 Å². The Hall–Kier alpha value is -1.27. The molecular weight excluding hydrogens is 464 g/mol. The van der Waals surface area contributed by atoms with Gasteiger partial charge in [-0.3, -0.25) is 10.1 Å². The van der Waals surface area contributed by atoms with Gasteiger partial charge in [0.05, 0.1) is 0 Å². The van der Waals surface area contributed by atoms with E-state index in [-0.39, 0.29) is 38.1 Å². The molecule has 32 heavy (non-hydrogen) atoms. The van der Waals surface area contributed by atoms with E-state index in [0.717, 1.165) is 0 Å². The minimum absolute atomic E-state index is 0.0920. The van der Waals surface area contributed by atoms with Crippen molar-refractivity contribution in [2.75, 3.05) is 0 Å². The number of hydrazine groups is 1. The first-order valence-corrected chi connectivity index (χ1v) is 11.2. The van der Waals surface area contributed by atoms with Gasteiger partial charge in [0.2, 0.25) is 5.91 Å². The first kappa shape index (κ1) is 25.4. The van der Waals surface area contributed by atoms with Gasteiger partial charge in [-0.25, -0.2) is 29.0 Å². The van der Waals surface area contributed by atoms with Gasteiger partial charge in [0.15, 0.2) is 5.96 Å². The average Bonchev–Trinajstić information content (AvgIpc) is 3.03. The molecule has 4 N–H and O–H groups in total. The Bertz CT molecular complexity index is 688. The van der Waals surface area contributed by atoms with Crippen molar-refractivity contribution in [1.82, 2.24) is 21.5 Å². The number of halogens is 7. The number of carbonyl (C=O) groups excluding carboxylic acids is 1. The van der Waals surface area contributed by atoms with Crippen LogP contribution in [0.3, 0.4) is 0 Å². The fourth-order valence-corrected chi connectivity index (χ4v) is 4.83. The molecule has 6 nitrogen and oxygen atoms in total. The van der Waals surface area contributed by atoms with Crippen molar-refractivity contribution >= 4 is 23.5 Å². The molecule has 13 heteroatoms. The number of hydrogen-bond donors (Lipinski definition) is 4. The second-order valence-electron chi connectivity index (χ2n) is 8.86. The molecule has 3 aliphatic rings. The Morgan fingerprint density at radius 3 is 2.34 bits per heavy atom. The second kappa shape index (κ2) is 10.3. The Balaban J connectivity index is 1.73. The predicted octanol–water partition coefficient (Wildman–Crippen LogP) is 3.02. The summed E-state index contributed by atoms with van der Waals surface area (Å²) in [4.78, 5) is 16.9. The monoisotopic (exact) mass is 491 g/mol. The highest BCUT2D eigenvalue weighted by Crippen LogP contribution is 2.31. The Kier molecular flexibility index (Phi) is 8.19. The van der Waals surface area contributed by atoms with Crippen LogP contribution in [0, 0.1) is 11.8 Å². The van der Waals surface area contributed by atoms with Crippen molar-refractivity contribution in [1.29, 1.82) is 0 Å². The molecule has 1 saturated heterocycles. The van der Waals surface area contributed by atoms with Crippen LogP contribution in [0.4, 0.5) is 26.3 Å². The van der Waals surface area contributed by atoms with Gasteiger partial charge in [-0.15, -0.1) is 11.6 Å². The SMILES string of the molecule is CC1C(/N=C(/NC(=O)C2CCC(F)C(F)C2)NC2CC(F)CC(Cl)C2)NNC1C(F)(F)F. The lowest BCUT2D eigenvalue weighted by molar-refractivity contribution is -0.160. The van der Waals surface area contributed by atoms with Crippen molar-refractivity contribution in [2.45, 2.75) is 93.8 Å². The van der Waals surface area contributed by atoms with Crippen molar-refractivity contribution in [3.63, 3.8) is 0 Å². The number of hydrogen-bond acceptors (Lipinski definition) is 4. The van der Waals surface area contributed by atoms with E-state index in [1.165, 1.54) is 6.92 Å². The van der Waals surface area contributed by atoms with Gasteiger partial charge >= 0.3 is 6.18 Å². The molecule has 3 fully saturated rings. The van der Waals surface area contributed by atoms with E-state index in [0.29, 0.717) is 6.42 Å². The maximum Gasteiger partial charge on any atom is 0.405 e. The number of aliphatic imine (C=N–C) groups is 1. The fourth-order valence-electron chi connectivity index (χ4n) is 4.43. The largest absolute Gasteiger partial charge is 0.405 e. The van der Waals surface area contributed by atoms with Gasteiger partial charge in [-0.2, -0.15) is 13.2 Å². The Morgan fingerprint density at radius 2 is 1.75 bits per heavy atom. The molecule has 0 aromatic heterocycles. The van der Waals surface area contributed by atoms with Crippen molar-refractivity contribution in [2.24, 2.45) is 16.8 Å². The number of rotatable bonds is 3. The van der Waals surface area contributed by atoms with Gasteiger partial charge < -0.3 is 5.32 Å². The lowest BCUT2D eigenvalue weighted by Crippen LogP contribution is -2.52. The molecule has 2 saturated carbocycles. The number of nitrogens with one attached hydrogen (secondary N) is 4. The predicted molar refractivity (Wildman–Crippen MR) is 107 cm³/mol. The third kappa shape index (κ3) is 6.40. The average molecular weight is 492 g/mol. The van der Waals surface area contributed by atoms with Crippen LogP contribution in [0.5, 0.6) is 0 Å². The molecule has 1 aliphatic heterocycles. The molecule has 0 aromatic rings. The molecule has 1 amide bonds. The summed E-state index contributed by atoms with van der Waals surface area (Å²) < 4.78 is 80.5. The zero-order valence-corrected chi connectivity index (χ0v) is 18.2. The van der Waals surface area contributed by atoms with Gasteiger partial charge in [0.25, 0.3) is 0 Å². The molecule has 184 valence electrons. The number of amides is 1. The van der Waals surface area contributed by atoms with Gasteiger partial charge in [0, 0.05) is 23.3 Å². The lowest BCUT2D eigenvalue weighted by atomic mass is 9.86. The lowest BCUT2D eigenvalue weighted by Gasteiger charge is -2.31. The van der Waals surface area contributed by atoms with Crippen molar-refractivity contribution in [3.8, 4) is 0 Å². The first-order chi connectivity index (χ1) is 14.9. The number of nitrogens with zero attached hydrogens (tertiary/aromatic N) is 1. The zero-order chi connectivity index (χ0) is 23.6. The summed E-state index contributed by atoms with van der Waals surface area (Å²) in [5.74, 6) is -2.58. The molecule has 0 radical (unpaired) electrons. The maximum absolute atomic E-state index is 13.9. The topological polar surface area (TPSA) is 77.5 Å². The van der Waals surface area contributed by atoms with E-state index >= 15 is 0 Å². The Morgan fingerprint density at radius 1 is 1.03 bits per heavy atom. The van der Waals surface area contributed by atoms with E-state index in [1.807, 2.05) is 0 Å².